The Labute approximate surface area is 254 Å². The summed E-state index contributed by atoms with van der Waals surface area (Å²) in [6, 6.07) is 14.1. The van der Waals surface area contributed by atoms with E-state index in [-0.39, 0.29) is 30.4 Å². The van der Waals surface area contributed by atoms with Crippen molar-refractivity contribution in [2.45, 2.75) is 70.5 Å². The standard InChI is InChI=1S/C33H45N5O5/c1-23(2)30-33(42)35-25(20-24-12-6-5-7-13-24)22-43-28-15-9-8-14-26(28)31(40)36-27(21-29(39)37-30)32(41)34-16-19-38-17-10-3-4-11-18-38/h5-9,12-15,23,25,27,30H,3-4,10-11,16-22H2,1-2H3,(H,34,41)(H,35,42)(H,36,40)(H,37,39)/t25-,27+,30+/m1/s1. The molecule has 1 saturated heterocycles. The third-order valence-corrected chi connectivity index (χ3v) is 7.95. The first-order chi connectivity index (χ1) is 20.8. The van der Waals surface area contributed by atoms with Crippen LogP contribution < -0.4 is 26.0 Å². The molecule has 2 aromatic carbocycles. The first-order valence-corrected chi connectivity index (χ1v) is 15.5. The Morgan fingerprint density at radius 3 is 2.35 bits per heavy atom. The number of nitrogens with one attached hydrogen (secondary N) is 4. The Morgan fingerprint density at radius 1 is 0.930 bits per heavy atom. The van der Waals surface area contributed by atoms with Crippen molar-refractivity contribution >= 4 is 23.6 Å². The molecule has 10 heteroatoms. The van der Waals surface area contributed by atoms with Gasteiger partial charge < -0.3 is 30.9 Å². The highest BCUT2D eigenvalue weighted by Crippen LogP contribution is 2.20. The third-order valence-electron chi connectivity index (χ3n) is 7.95. The molecule has 4 N–H and O–H groups in total. The lowest BCUT2D eigenvalue weighted by molar-refractivity contribution is -0.132. The first kappa shape index (κ1) is 32.0. The third kappa shape index (κ3) is 9.81. The van der Waals surface area contributed by atoms with Crippen molar-refractivity contribution in [2.75, 3.05) is 32.8 Å². The Balaban J connectivity index is 1.54. The number of nitrogens with zero attached hydrogens (tertiary/aromatic N) is 1. The van der Waals surface area contributed by atoms with Crippen LogP contribution >= 0.6 is 0 Å². The summed E-state index contributed by atoms with van der Waals surface area (Å²) in [5, 5.41) is 11.5. The summed E-state index contributed by atoms with van der Waals surface area (Å²) in [6.45, 7) is 6.91. The van der Waals surface area contributed by atoms with E-state index in [1.54, 1.807) is 24.3 Å². The van der Waals surface area contributed by atoms with Gasteiger partial charge in [0, 0.05) is 13.1 Å². The first-order valence-electron chi connectivity index (χ1n) is 15.5. The van der Waals surface area contributed by atoms with Crippen LogP contribution in [0.4, 0.5) is 0 Å². The zero-order chi connectivity index (χ0) is 30.6. The second-order valence-corrected chi connectivity index (χ2v) is 11.8. The van der Waals surface area contributed by atoms with Crippen LogP contribution in [0.2, 0.25) is 0 Å². The van der Waals surface area contributed by atoms with Crippen LogP contribution in [0.25, 0.3) is 0 Å². The molecule has 1 fully saturated rings. The monoisotopic (exact) mass is 591 g/mol. The predicted octanol–water partition coefficient (Wildman–Crippen LogP) is 2.43. The maximum atomic E-state index is 13.5. The number of fused-ring (bicyclic) bond motifs is 1. The molecule has 0 saturated carbocycles. The Morgan fingerprint density at radius 2 is 1.63 bits per heavy atom. The lowest BCUT2D eigenvalue weighted by Crippen LogP contribution is -2.56. The maximum Gasteiger partial charge on any atom is 0.255 e. The largest absolute Gasteiger partial charge is 0.491 e. The molecule has 4 amide bonds. The summed E-state index contributed by atoms with van der Waals surface area (Å²) in [4.78, 5) is 55.8. The highest BCUT2D eigenvalue weighted by Gasteiger charge is 2.31. The summed E-state index contributed by atoms with van der Waals surface area (Å²) < 4.78 is 6.12. The molecule has 2 aliphatic heterocycles. The number of ether oxygens (including phenoxy) is 1. The summed E-state index contributed by atoms with van der Waals surface area (Å²) in [7, 11) is 0. The predicted molar refractivity (Wildman–Crippen MR) is 165 cm³/mol. The number of amides is 4. The van der Waals surface area contributed by atoms with E-state index in [2.05, 4.69) is 26.2 Å². The van der Waals surface area contributed by atoms with Crippen LogP contribution in [0.3, 0.4) is 0 Å². The number of hydrogen-bond donors (Lipinski definition) is 4. The van der Waals surface area contributed by atoms with Gasteiger partial charge >= 0.3 is 0 Å². The molecule has 232 valence electrons. The molecule has 43 heavy (non-hydrogen) atoms. The molecular formula is C33H45N5O5. The van der Waals surface area contributed by atoms with Crippen LogP contribution in [0.5, 0.6) is 5.75 Å². The summed E-state index contributed by atoms with van der Waals surface area (Å²) in [6.07, 6.45) is 4.92. The van der Waals surface area contributed by atoms with E-state index in [1.807, 2.05) is 44.2 Å². The van der Waals surface area contributed by atoms with Crippen LogP contribution in [0.1, 0.15) is 61.9 Å². The second kappa shape index (κ2) is 16.1. The lowest BCUT2D eigenvalue weighted by atomic mass is 10.0. The van der Waals surface area contributed by atoms with Crippen LogP contribution in [-0.2, 0) is 20.8 Å². The highest BCUT2D eigenvalue weighted by molar-refractivity contribution is 6.01. The van der Waals surface area contributed by atoms with Gasteiger partial charge in [-0.2, -0.15) is 0 Å². The van der Waals surface area contributed by atoms with Gasteiger partial charge in [-0.15, -0.1) is 0 Å². The van der Waals surface area contributed by atoms with Crippen LogP contribution in [0.15, 0.2) is 54.6 Å². The van der Waals surface area contributed by atoms with Crippen molar-refractivity contribution in [1.29, 1.82) is 0 Å². The average Bonchev–Trinajstić information content (AvgIpc) is 3.27. The molecule has 0 aliphatic carbocycles. The quantitative estimate of drug-likeness (QED) is 0.392. The molecule has 0 bridgehead atoms. The van der Waals surface area contributed by atoms with Crippen molar-refractivity contribution < 1.29 is 23.9 Å². The molecule has 3 atom stereocenters. The number of rotatable bonds is 7. The minimum Gasteiger partial charge on any atom is -0.491 e. The van der Waals surface area contributed by atoms with E-state index in [0.29, 0.717) is 25.3 Å². The Kier molecular flexibility index (Phi) is 12.0. The smallest absolute Gasteiger partial charge is 0.255 e. The fourth-order valence-corrected chi connectivity index (χ4v) is 5.53. The van der Waals surface area contributed by atoms with Crippen molar-refractivity contribution in [2.24, 2.45) is 5.92 Å². The number of carbonyl (C=O) groups excluding carboxylic acids is 4. The fourth-order valence-electron chi connectivity index (χ4n) is 5.53. The van der Waals surface area contributed by atoms with Crippen molar-refractivity contribution in [3.8, 4) is 5.75 Å². The Hall–Kier alpha value is -3.92. The van der Waals surface area contributed by atoms with Crippen molar-refractivity contribution in [1.82, 2.24) is 26.2 Å². The second-order valence-electron chi connectivity index (χ2n) is 11.8. The van der Waals surface area contributed by atoms with Gasteiger partial charge in [-0.3, -0.25) is 19.2 Å². The summed E-state index contributed by atoms with van der Waals surface area (Å²) >= 11 is 0. The molecule has 2 heterocycles. The van der Waals surface area contributed by atoms with Gasteiger partial charge in [0.15, 0.2) is 0 Å². The number of para-hydroxylation sites is 1. The highest BCUT2D eigenvalue weighted by atomic mass is 16.5. The summed E-state index contributed by atoms with van der Waals surface area (Å²) in [5.74, 6) is -1.68. The normalized spacial score (nSPS) is 22.6. The van der Waals surface area contributed by atoms with Gasteiger partial charge in [0.25, 0.3) is 5.91 Å². The van der Waals surface area contributed by atoms with Gasteiger partial charge in [-0.25, -0.2) is 0 Å². The van der Waals surface area contributed by atoms with E-state index in [9.17, 15) is 19.2 Å². The number of carbonyl (C=O) groups is 4. The topological polar surface area (TPSA) is 129 Å². The molecule has 0 unspecified atom stereocenters. The molecular weight excluding hydrogens is 546 g/mol. The van der Waals surface area contributed by atoms with Gasteiger partial charge in [-0.1, -0.05) is 69.2 Å². The van der Waals surface area contributed by atoms with E-state index < -0.39 is 35.8 Å². The molecule has 0 aromatic heterocycles. The number of likely N-dealkylation sites (tertiary alicyclic amines) is 1. The molecule has 0 spiro atoms. The summed E-state index contributed by atoms with van der Waals surface area (Å²) in [5.41, 5.74) is 1.26. The van der Waals surface area contributed by atoms with Gasteiger partial charge in [-0.05, 0) is 56.0 Å². The number of benzene rings is 2. The van der Waals surface area contributed by atoms with Crippen LogP contribution in [-0.4, -0.2) is 79.4 Å². The van der Waals surface area contributed by atoms with Gasteiger partial charge in [0.2, 0.25) is 17.7 Å². The van der Waals surface area contributed by atoms with E-state index in [0.717, 1.165) is 31.5 Å². The Bertz CT molecular complexity index is 1230. The zero-order valence-corrected chi connectivity index (χ0v) is 25.3. The fraction of sp³-hybridized carbons (Fsp3) is 0.515. The maximum absolute atomic E-state index is 13.5. The van der Waals surface area contributed by atoms with E-state index >= 15 is 0 Å². The van der Waals surface area contributed by atoms with Crippen LogP contribution in [0, 0.1) is 5.92 Å². The SMILES string of the molecule is CC(C)[C@@H]1NC(=O)C[C@@H](C(=O)NCCN2CCCCCC2)NC(=O)c2ccccc2OC[C@@H](Cc2ccccc2)NC1=O. The molecule has 2 aliphatic rings. The molecule has 2 aromatic rings. The van der Waals surface area contributed by atoms with E-state index in [4.69, 9.17) is 4.74 Å². The van der Waals surface area contributed by atoms with Gasteiger partial charge in [0.1, 0.15) is 24.4 Å². The molecule has 0 radical (unpaired) electrons. The van der Waals surface area contributed by atoms with Gasteiger partial charge in [0.05, 0.1) is 18.0 Å². The zero-order valence-electron chi connectivity index (χ0n) is 25.3. The molecule has 10 nitrogen and oxygen atoms in total. The van der Waals surface area contributed by atoms with Crippen molar-refractivity contribution in [3.63, 3.8) is 0 Å². The molecule has 4 rings (SSSR count). The lowest BCUT2D eigenvalue weighted by Gasteiger charge is -2.28. The van der Waals surface area contributed by atoms with E-state index in [1.165, 1.54) is 12.8 Å². The minimum atomic E-state index is -1.13. The van der Waals surface area contributed by atoms with Crippen molar-refractivity contribution in [3.05, 3.63) is 65.7 Å². The minimum absolute atomic E-state index is 0.101. The number of hydrogen-bond acceptors (Lipinski definition) is 6. The average molecular weight is 592 g/mol.